The third kappa shape index (κ3) is 4.35. The van der Waals surface area contributed by atoms with Crippen molar-refractivity contribution >= 4 is 34.5 Å². The topological polar surface area (TPSA) is 141 Å². The Kier molecular flexibility index (Phi) is 6.18. The number of carbonyl (C=O) groups excluding carboxylic acids is 2. The van der Waals surface area contributed by atoms with Crippen LogP contribution in [0.15, 0.2) is 61.6 Å². The SMILES string of the molecule is C=CC(=O)N1CC2CC(n3nc(-c4ccc(C(=O)Nc5ccccn5)c(OC)c4)c4c(N)ncnc43)CC2C1. The van der Waals surface area contributed by atoms with Gasteiger partial charge >= 0.3 is 0 Å². The maximum absolute atomic E-state index is 12.9. The van der Waals surface area contributed by atoms with Crippen molar-refractivity contribution in [3.63, 3.8) is 0 Å². The Morgan fingerprint density at radius 2 is 1.92 bits per heavy atom. The predicted molar refractivity (Wildman–Crippen MR) is 146 cm³/mol. The molecule has 11 heteroatoms. The highest BCUT2D eigenvalue weighted by atomic mass is 16.5. The van der Waals surface area contributed by atoms with E-state index in [1.165, 1.54) is 19.5 Å². The van der Waals surface area contributed by atoms with Gasteiger partial charge in [-0.25, -0.2) is 19.6 Å². The molecule has 1 aliphatic heterocycles. The molecule has 2 fully saturated rings. The molecule has 1 saturated heterocycles. The summed E-state index contributed by atoms with van der Waals surface area (Å²) in [5.41, 5.74) is 8.72. The lowest BCUT2D eigenvalue weighted by Gasteiger charge is -2.18. The smallest absolute Gasteiger partial charge is 0.260 e. The molecular weight excluding hydrogens is 496 g/mol. The number of nitrogens with two attached hydrogens (primary N) is 1. The molecule has 198 valence electrons. The number of anilines is 2. The highest BCUT2D eigenvalue weighted by molar-refractivity contribution is 6.06. The fraction of sp³-hybridized carbons (Fsp3) is 0.286. The normalized spacial score (nSPS) is 20.1. The zero-order valence-electron chi connectivity index (χ0n) is 21.4. The molecule has 4 heterocycles. The van der Waals surface area contributed by atoms with Crippen molar-refractivity contribution in [2.75, 3.05) is 31.2 Å². The summed E-state index contributed by atoms with van der Waals surface area (Å²) in [5.74, 6) is 1.62. The quantitative estimate of drug-likeness (QED) is 0.366. The summed E-state index contributed by atoms with van der Waals surface area (Å²) in [6.07, 6.45) is 6.22. The molecule has 0 spiro atoms. The van der Waals surface area contributed by atoms with Gasteiger partial charge in [-0.05, 0) is 55.0 Å². The van der Waals surface area contributed by atoms with Gasteiger partial charge in [0.2, 0.25) is 5.91 Å². The van der Waals surface area contributed by atoms with Crippen LogP contribution >= 0.6 is 0 Å². The number of hydrogen-bond acceptors (Lipinski definition) is 8. The van der Waals surface area contributed by atoms with Crippen LogP contribution in [-0.4, -0.2) is 61.6 Å². The number of hydrogen-bond donors (Lipinski definition) is 2. The fourth-order valence-corrected chi connectivity index (χ4v) is 5.88. The van der Waals surface area contributed by atoms with Gasteiger partial charge in [0.15, 0.2) is 5.65 Å². The summed E-state index contributed by atoms with van der Waals surface area (Å²) in [4.78, 5) is 39.8. The number of likely N-dealkylation sites (tertiary alicyclic amines) is 1. The van der Waals surface area contributed by atoms with E-state index in [1.807, 2.05) is 15.6 Å². The summed E-state index contributed by atoms with van der Waals surface area (Å²) in [5, 5.41) is 8.43. The first-order valence-corrected chi connectivity index (χ1v) is 12.8. The lowest BCUT2D eigenvalue weighted by atomic mass is 10.0. The second-order valence-electron chi connectivity index (χ2n) is 9.93. The molecule has 1 aliphatic carbocycles. The number of methoxy groups -OCH3 is 1. The van der Waals surface area contributed by atoms with Crippen molar-refractivity contribution < 1.29 is 14.3 Å². The van der Waals surface area contributed by atoms with Crippen molar-refractivity contribution in [3.8, 4) is 17.0 Å². The number of rotatable bonds is 6. The van der Waals surface area contributed by atoms with Gasteiger partial charge in [0.25, 0.3) is 5.91 Å². The minimum atomic E-state index is -0.336. The van der Waals surface area contributed by atoms with Crippen LogP contribution < -0.4 is 15.8 Å². The molecule has 0 radical (unpaired) electrons. The molecule has 1 aromatic carbocycles. The third-order valence-electron chi connectivity index (χ3n) is 7.70. The Balaban J connectivity index is 1.33. The van der Waals surface area contributed by atoms with Crippen molar-refractivity contribution in [3.05, 3.63) is 67.1 Å². The molecule has 2 unspecified atom stereocenters. The van der Waals surface area contributed by atoms with E-state index in [0.717, 1.165) is 31.5 Å². The van der Waals surface area contributed by atoms with Gasteiger partial charge in [0.1, 0.15) is 29.4 Å². The molecule has 2 amide bonds. The van der Waals surface area contributed by atoms with E-state index < -0.39 is 0 Å². The Morgan fingerprint density at radius 3 is 2.62 bits per heavy atom. The second-order valence-corrected chi connectivity index (χ2v) is 9.93. The van der Waals surface area contributed by atoms with E-state index in [4.69, 9.17) is 15.6 Å². The fourth-order valence-electron chi connectivity index (χ4n) is 5.88. The predicted octanol–water partition coefficient (Wildman–Crippen LogP) is 3.33. The van der Waals surface area contributed by atoms with Gasteiger partial charge in [0.05, 0.1) is 24.1 Å². The molecule has 3 N–H and O–H groups in total. The van der Waals surface area contributed by atoms with E-state index in [0.29, 0.717) is 51.5 Å². The van der Waals surface area contributed by atoms with E-state index >= 15 is 0 Å². The number of benzene rings is 1. The van der Waals surface area contributed by atoms with Crippen molar-refractivity contribution in [1.82, 2.24) is 29.6 Å². The van der Waals surface area contributed by atoms with Gasteiger partial charge in [-0.1, -0.05) is 18.7 Å². The number of fused-ring (bicyclic) bond motifs is 2. The molecule has 2 aliphatic rings. The Labute approximate surface area is 224 Å². The van der Waals surface area contributed by atoms with E-state index in [9.17, 15) is 9.59 Å². The van der Waals surface area contributed by atoms with Gasteiger partial charge < -0.3 is 20.7 Å². The number of ether oxygens (including phenoxy) is 1. The minimum Gasteiger partial charge on any atom is -0.496 e. The van der Waals surface area contributed by atoms with Crippen LogP contribution in [0.3, 0.4) is 0 Å². The molecule has 11 nitrogen and oxygen atoms in total. The van der Waals surface area contributed by atoms with Crippen LogP contribution in [0.25, 0.3) is 22.3 Å². The molecule has 2 atom stereocenters. The van der Waals surface area contributed by atoms with Gasteiger partial charge in [-0.2, -0.15) is 5.10 Å². The van der Waals surface area contributed by atoms with Crippen LogP contribution in [-0.2, 0) is 4.79 Å². The van der Waals surface area contributed by atoms with E-state index in [2.05, 4.69) is 26.8 Å². The minimum absolute atomic E-state index is 0.0144. The summed E-state index contributed by atoms with van der Waals surface area (Å²) < 4.78 is 7.54. The average molecular weight is 525 g/mol. The van der Waals surface area contributed by atoms with Crippen molar-refractivity contribution in [1.29, 1.82) is 0 Å². The highest BCUT2D eigenvalue weighted by Crippen LogP contribution is 2.45. The molecule has 39 heavy (non-hydrogen) atoms. The standard InChI is InChI=1S/C28H28N8O3/c1-3-23(37)35-13-17-10-19(11-18(17)14-35)36-27-24(26(29)31-15-32-27)25(34-36)16-7-8-20(21(12-16)39-2)28(38)33-22-6-4-5-9-30-22/h3-9,12,15,17-19H,1,10-11,13-14H2,2H3,(H2,29,31,32)(H,30,33,38). The number of pyridine rings is 1. The zero-order chi connectivity index (χ0) is 27.1. The number of aromatic nitrogens is 5. The van der Waals surface area contributed by atoms with Crippen molar-refractivity contribution in [2.45, 2.75) is 18.9 Å². The van der Waals surface area contributed by atoms with Crippen LogP contribution in [0.5, 0.6) is 5.75 Å². The number of nitrogens with zero attached hydrogens (tertiary/aromatic N) is 6. The summed E-state index contributed by atoms with van der Waals surface area (Å²) in [7, 11) is 1.52. The van der Waals surface area contributed by atoms with E-state index in [-0.39, 0.29) is 17.9 Å². The van der Waals surface area contributed by atoms with Crippen LogP contribution in [0.4, 0.5) is 11.6 Å². The van der Waals surface area contributed by atoms with Gasteiger partial charge in [-0.15, -0.1) is 0 Å². The maximum Gasteiger partial charge on any atom is 0.260 e. The highest BCUT2D eigenvalue weighted by Gasteiger charge is 2.43. The first-order chi connectivity index (χ1) is 19.0. The number of nitrogens with one attached hydrogen (secondary N) is 1. The third-order valence-corrected chi connectivity index (χ3v) is 7.70. The first-order valence-electron chi connectivity index (χ1n) is 12.8. The first kappa shape index (κ1) is 24.5. The monoisotopic (exact) mass is 524 g/mol. The number of amides is 2. The van der Waals surface area contributed by atoms with Gasteiger partial charge in [-0.3, -0.25) is 9.59 Å². The van der Waals surface area contributed by atoms with Gasteiger partial charge in [0, 0.05) is 24.8 Å². The lowest BCUT2D eigenvalue weighted by molar-refractivity contribution is -0.125. The van der Waals surface area contributed by atoms with Crippen LogP contribution in [0.2, 0.25) is 0 Å². The van der Waals surface area contributed by atoms with Crippen LogP contribution in [0, 0.1) is 11.8 Å². The number of nitrogen functional groups attached to an aromatic ring is 1. The Morgan fingerprint density at radius 1 is 1.13 bits per heavy atom. The Hall–Kier alpha value is -4.80. The largest absolute Gasteiger partial charge is 0.496 e. The molecule has 3 aromatic heterocycles. The van der Waals surface area contributed by atoms with Crippen molar-refractivity contribution in [2.24, 2.45) is 11.8 Å². The number of carbonyl (C=O) groups is 2. The zero-order valence-corrected chi connectivity index (χ0v) is 21.4. The second kappa shape index (κ2) is 9.82. The van der Waals surface area contributed by atoms with Crippen LogP contribution in [0.1, 0.15) is 29.2 Å². The lowest BCUT2D eigenvalue weighted by Crippen LogP contribution is -2.28. The molecule has 6 rings (SSSR count). The summed E-state index contributed by atoms with van der Waals surface area (Å²) >= 11 is 0. The summed E-state index contributed by atoms with van der Waals surface area (Å²) in [6, 6.07) is 10.7. The maximum atomic E-state index is 12.9. The molecule has 4 aromatic rings. The molecule has 0 bridgehead atoms. The molecular formula is C28H28N8O3. The summed E-state index contributed by atoms with van der Waals surface area (Å²) in [6.45, 7) is 5.08. The average Bonchev–Trinajstić information content (AvgIpc) is 3.65. The van der Waals surface area contributed by atoms with E-state index in [1.54, 1.807) is 36.5 Å². The molecule has 1 saturated carbocycles. The Bertz CT molecular complexity index is 1570.